The van der Waals surface area contributed by atoms with Crippen LogP contribution in [-0.2, 0) is 11.3 Å². The molecule has 0 radical (unpaired) electrons. The fraction of sp³-hybridized carbons (Fsp3) is 0.227. The van der Waals surface area contributed by atoms with Gasteiger partial charge < -0.3 is 15.4 Å². The summed E-state index contributed by atoms with van der Waals surface area (Å²) in [7, 11) is 1.61. The number of pyridine rings is 1. The summed E-state index contributed by atoms with van der Waals surface area (Å²) in [6.45, 7) is 4.06. The van der Waals surface area contributed by atoms with Gasteiger partial charge >= 0.3 is 0 Å². The number of ether oxygens (including phenoxy) is 1. The summed E-state index contributed by atoms with van der Waals surface area (Å²) < 4.78 is 5.20. The Morgan fingerprint density at radius 2 is 1.79 bits per heavy atom. The summed E-state index contributed by atoms with van der Waals surface area (Å²) in [6, 6.07) is 16.5. The average Bonchev–Trinajstić information content (AvgIpc) is 2.72. The van der Waals surface area contributed by atoms with Crippen LogP contribution in [0.25, 0.3) is 10.9 Å². The number of carbonyl (C=O) groups excluding carboxylic acids is 2. The molecule has 0 fully saturated rings. The zero-order valence-corrected chi connectivity index (χ0v) is 16.2. The van der Waals surface area contributed by atoms with Gasteiger partial charge in [0, 0.05) is 23.5 Å². The van der Waals surface area contributed by atoms with Crippen molar-refractivity contribution in [1.82, 2.24) is 10.3 Å². The van der Waals surface area contributed by atoms with E-state index in [0.717, 1.165) is 27.9 Å². The van der Waals surface area contributed by atoms with Gasteiger partial charge in [-0.3, -0.25) is 9.59 Å². The van der Waals surface area contributed by atoms with Gasteiger partial charge in [0.15, 0.2) is 0 Å². The molecular formula is C22H23N3O3. The molecule has 28 heavy (non-hydrogen) atoms. The molecule has 2 aromatic carbocycles. The van der Waals surface area contributed by atoms with Crippen molar-refractivity contribution in [3.63, 3.8) is 0 Å². The van der Waals surface area contributed by atoms with Crippen LogP contribution in [0.2, 0.25) is 0 Å². The van der Waals surface area contributed by atoms with Crippen LogP contribution in [0.1, 0.15) is 29.9 Å². The van der Waals surface area contributed by atoms with Crippen molar-refractivity contribution in [1.29, 1.82) is 0 Å². The average molecular weight is 377 g/mol. The van der Waals surface area contributed by atoms with Crippen molar-refractivity contribution < 1.29 is 14.3 Å². The van der Waals surface area contributed by atoms with E-state index in [1.54, 1.807) is 13.2 Å². The van der Waals surface area contributed by atoms with Crippen LogP contribution in [0.15, 0.2) is 54.6 Å². The highest BCUT2D eigenvalue weighted by molar-refractivity contribution is 5.95. The zero-order valence-electron chi connectivity index (χ0n) is 16.2. The summed E-state index contributed by atoms with van der Waals surface area (Å²) in [4.78, 5) is 28.5. The van der Waals surface area contributed by atoms with Crippen molar-refractivity contribution in [2.24, 2.45) is 5.92 Å². The molecule has 0 saturated carbocycles. The monoisotopic (exact) mass is 377 g/mol. The van der Waals surface area contributed by atoms with Crippen LogP contribution in [0.4, 0.5) is 5.69 Å². The number of aromatic nitrogens is 1. The molecular weight excluding hydrogens is 354 g/mol. The minimum Gasteiger partial charge on any atom is -0.497 e. The second-order valence-electron chi connectivity index (χ2n) is 6.78. The summed E-state index contributed by atoms with van der Waals surface area (Å²) in [5.41, 5.74) is 2.76. The third kappa shape index (κ3) is 4.65. The lowest BCUT2D eigenvalue weighted by molar-refractivity contribution is -0.118. The number of carbonyl (C=O) groups is 2. The van der Waals surface area contributed by atoms with Gasteiger partial charge in [0.25, 0.3) is 5.91 Å². The number of nitrogens with one attached hydrogen (secondary N) is 2. The summed E-state index contributed by atoms with van der Waals surface area (Å²) >= 11 is 0. The van der Waals surface area contributed by atoms with E-state index >= 15 is 0 Å². The maximum Gasteiger partial charge on any atom is 0.270 e. The highest BCUT2D eigenvalue weighted by atomic mass is 16.5. The molecule has 0 atom stereocenters. The van der Waals surface area contributed by atoms with E-state index in [1.807, 2.05) is 62.4 Å². The maximum atomic E-state index is 12.4. The van der Waals surface area contributed by atoms with Gasteiger partial charge in [-0.2, -0.15) is 0 Å². The van der Waals surface area contributed by atoms with Crippen molar-refractivity contribution in [3.8, 4) is 5.75 Å². The Labute approximate surface area is 163 Å². The highest BCUT2D eigenvalue weighted by Crippen LogP contribution is 2.19. The van der Waals surface area contributed by atoms with E-state index < -0.39 is 0 Å². The molecule has 0 unspecified atom stereocenters. The number of nitrogens with zero attached hydrogens (tertiary/aromatic N) is 1. The number of hydrogen-bond acceptors (Lipinski definition) is 4. The molecule has 6 nitrogen and oxygen atoms in total. The highest BCUT2D eigenvalue weighted by Gasteiger charge is 2.09. The molecule has 144 valence electrons. The maximum absolute atomic E-state index is 12.4. The normalized spacial score (nSPS) is 10.7. The van der Waals surface area contributed by atoms with Crippen LogP contribution in [0.5, 0.6) is 5.75 Å². The lowest BCUT2D eigenvalue weighted by Gasteiger charge is -2.09. The van der Waals surface area contributed by atoms with Crippen LogP contribution < -0.4 is 15.4 Å². The standard InChI is InChI=1S/C22H23N3O3/c1-14(2)21(26)24-17-7-4-15(5-8-17)13-23-22(27)20-10-6-16-12-18(28-3)9-11-19(16)25-20/h4-12,14H,13H2,1-3H3,(H,23,27)(H,24,26). The predicted molar refractivity (Wildman–Crippen MR) is 109 cm³/mol. The third-order valence-electron chi connectivity index (χ3n) is 4.33. The van der Waals surface area contributed by atoms with Crippen molar-refractivity contribution in [2.45, 2.75) is 20.4 Å². The fourth-order valence-electron chi connectivity index (χ4n) is 2.62. The van der Waals surface area contributed by atoms with Crippen LogP contribution >= 0.6 is 0 Å². The molecule has 0 bridgehead atoms. The Kier molecular flexibility index (Phi) is 5.89. The van der Waals surface area contributed by atoms with Crippen LogP contribution in [-0.4, -0.2) is 23.9 Å². The molecule has 2 N–H and O–H groups in total. The number of rotatable bonds is 6. The summed E-state index contributed by atoms with van der Waals surface area (Å²) in [5.74, 6) is 0.407. The van der Waals surface area contributed by atoms with Crippen molar-refractivity contribution in [3.05, 3.63) is 65.9 Å². The van der Waals surface area contributed by atoms with Crippen molar-refractivity contribution >= 4 is 28.4 Å². The lowest BCUT2D eigenvalue weighted by Crippen LogP contribution is -2.23. The molecule has 1 aromatic heterocycles. The first-order valence-electron chi connectivity index (χ1n) is 9.09. The fourth-order valence-corrected chi connectivity index (χ4v) is 2.62. The first kappa shape index (κ1) is 19.4. The van der Waals surface area contributed by atoms with Gasteiger partial charge in [0.2, 0.25) is 5.91 Å². The quantitative estimate of drug-likeness (QED) is 0.685. The second-order valence-corrected chi connectivity index (χ2v) is 6.78. The molecule has 0 saturated heterocycles. The Balaban J connectivity index is 1.62. The van der Waals surface area contributed by atoms with Crippen LogP contribution in [0, 0.1) is 5.92 Å². The number of hydrogen-bond donors (Lipinski definition) is 2. The van der Waals surface area contributed by atoms with Gasteiger partial charge in [-0.15, -0.1) is 0 Å². The van der Waals surface area contributed by atoms with Gasteiger partial charge in [-0.25, -0.2) is 4.98 Å². The molecule has 0 spiro atoms. The van der Waals surface area contributed by atoms with Gasteiger partial charge in [-0.1, -0.05) is 32.0 Å². The zero-order chi connectivity index (χ0) is 20.1. The minimum atomic E-state index is -0.241. The van der Waals surface area contributed by atoms with E-state index in [-0.39, 0.29) is 17.7 Å². The second kappa shape index (κ2) is 8.52. The van der Waals surface area contributed by atoms with Gasteiger partial charge in [0.05, 0.1) is 12.6 Å². The number of benzene rings is 2. The molecule has 3 aromatic rings. The molecule has 1 heterocycles. The number of amides is 2. The number of anilines is 1. The molecule has 6 heteroatoms. The van der Waals surface area contributed by atoms with E-state index in [9.17, 15) is 9.59 Å². The Morgan fingerprint density at radius 3 is 2.46 bits per heavy atom. The Morgan fingerprint density at radius 1 is 1.04 bits per heavy atom. The number of fused-ring (bicyclic) bond motifs is 1. The molecule has 2 amide bonds. The topological polar surface area (TPSA) is 80.3 Å². The van der Waals surface area contributed by atoms with E-state index in [2.05, 4.69) is 15.6 Å². The SMILES string of the molecule is COc1ccc2nc(C(=O)NCc3ccc(NC(=O)C(C)C)cc3)ccc2c1. The van der Waals surface area contributed by atoms with E-state index in [0.29, 0.717) is 12.2 Å². The van der Waals surface area contributed by atoms with Crippen molar-refractivity contribution in [2.75, 3.05) is 12.4 Å². The largest absolute Gasteiger partial charge is 0.497 e. The van der Waals surface area contributed by atoms with Gasteiger partial charge in [-0.05, 0) is 42.0 Å². The Hall–Kier alpha value is -3.41. The smallest absolute Gasteiger partial charge is 0.270 e. The summed E-state index contributed by atoms with van der Waals surface area (Å²) in [5, 5.41) is 6.62. The molecule has 0 aliphatic heterocycles. The first-order chi connectivity index (χ1) is 13.5. The van der Waals surface area contributed by atoms with E-state index in [4.69, 9.17) is 4.74 Å². The minimum absolute atomic E-state index is 0.0268. The lowest BCUT2D eigenvalue weighted by atomic mass is 10.1. The van der Waals surface area contributed by atoms with Crippen LogP contribution in [0.3, 0.4) is 0 Å². The third-order valence-corrected chi connectivity index (χ3v) is 4.33. The molecule has 3 rings (SSSR count). The molecule has 0 aliphatic carbocycles. The van der Waals surface area contributed by atoms with E-state index in [1.165, 1.54) is 0 Å². The predicted octanol–water partition coefficient (Wildman–Crippen LogP) is 3.77. The molecule has 0 aliphatic rings. The Bertz CT molecular complexity index is 998. The number of methoxy groups -OCH3 is 1. The summed E-state index contributed by atoms with van der Waals surface area (Å²) in [6.07, 6.45) is 0. The first-order valence-corrected chi connectivity index (χ1v) is 9.09. The van der Waals surface area contributed by atoms with Gasteiger partial charge in [0.1, 0.15) is 11.4 Å².